The molecule has 112 valence electrons. The number of aryl methyl sites for hydroxylation is 2. The maximum absolute atomic E-state index is 12.4. The second-order valence-electron chi connectivity index (χ2n) is 4.56. The third kappa shape index (κ3) is 3.56. The molecule has 3 N–H and O–H groups in total. The number of hydrogen-bond acceptors (Lipinski definition) is 4. The maximum Gasteiger partial charge on any atom is 0.264 e. The summed E-state index contributed by atoms with van der Waals surface area (Å²) >= 11 is 6.61. The zero-order chi connectivity index (χ0) is 15.8. The summed E-state index contributed by atoms with van der Waals surface area (Å²) in [7, 11) is -3.74. The molecular formula is C13H13Br2N3O2S. The Labute approximate surface area is 140 Å². The van der Waals surface area contributed by atoms with Crippen LogP contribution in [0.2, 0.25) is 0 Å². The smallest absolute Gasteiger partial charge is 0.264 e. The number of nitrogens with two attached hydrogens (primary N) is 1. The fourth-order valence-electron chi connectivity index (χ4n) is 1.65. The zero-order valence-electron chi connectivity index (χ0n) is 11.3. The van der Waals surface area contributed by atoms with Crippen LogP contribution in [0.5, 0.6) is 0 Å². The number of halogens is 2. The van der Waals surface area contributed by atoms with Crippen molar-refractivity contribution in [2.75, 3.05) is 10.5 Å². The predicted octanol–water partition coefficient (Wildman–Crippen LogP) is 3.61. The van der Waals surface area contributed by atoms with Gasteiger partial charge in [-0.25, -0.2) is 13.4 Å². The molecule has 5 nitrogen and oxygen atoms in total. The van der Waals surface area contributed by atoms with Gasteiger partial charge in [-0.1, -0.05) is 15.9 Å². The molecular weight excluding hydrogens is 422 g/mol. The molecule has 0 bridgehead atoms. The van der Waals surface area contributed by atoms with Crippen LogP contribution >= 0.6 is 31.9 Å². The molecule has 0 aliphatic rings. The maximum atomic E-state index is 12.4. The van der Waals surface area contributed by atoms with E-state index in [0.717, 1.165) is 11.1 Å². The van der Waals surface area contributed by atoms with Crippen molar-refractivity contribution in [3.8, 4) is 0 Å². The van der Waals surface area contributed by atoms with Gasteiger partial charge < -0.3 is 5.73 Å². The first-order valence-corrected chi connectivity index (χ1v) is 8.98. The van der Waals surface area contributed by atoms with Crippen molar-refractivity contribution in [3.05, 3.63) is 44.5 Å². The van der Waals surface area contributed by atoms with Gasteiger partial charge >= 0.3 is 0 Å². The minimum absolute atomic E-state index is 0.135. The van der Waals surface area contributed by atoms with Crippen LogP contribution in [-0.4, -0.2) is 13.4 Å². The van der Waals surface area contributed by atoms with E-state index in [9.17, 15) is 8.42 Å². The Bertz CT molecular complexity index is 807. The summed E-state index contributed by atoms with van der Waals surface area (Å²) < 4.78 is 28.5. The van der Waals surface area contributed by atoms with E-state index >= 15 is 0 Å². The van der Waals surface area contributed by atoms with Gasteiger partial charge in [-0.15, -0.1) is 0 Å². The molecule has 0 amide bonds. The molecule has 0 saturated carbocycles. The predicted molar refractivity (Wildman–Crippen MR) is 90.8 cm³/mol. The van der Waals surface area contributed by atoms with Crippen molar-refractivity contribution >= 4 is 53.4 Å². The average Bonchev–Trinajstić information content (AvgIpc) is 2.37. The zero-order valence-corrected chi connectivity index (χ0v) is 15.3. The van der Waals surface area contributed by atoms with Crippen molar-refractivity contribution in [2.24, 2.45) is 0 Å². The molecule has 0 spiro atoms. The molecule has 0 unspecified atom stereocenters. The number of rotatable bonds is 3. The van der Waals surface area contributed by atoms with Gasteiger partial charge in [0.1, 0.15) is 10.7 Å². The summed E-state index contributed by atoms with van der Waals surface area (Å²) in [5, 5.41) is 0. The van der Waals surface area contributed by atoms with Gasteiger partial charge in [0.25, 0.3) is 10.0 Å². The van der Waals surface area contributed by atoms with Crippen LogP contribution in [0.15, 0.2) is 38.2 Å². The number of benzene rings is 1. The second kappa shape index (κ2) is 5.94. The molecule has 2 aromatic rings. The number of hydrogen-bond donors (Lipinski definition) is 2. The van der Waals surface area contributed by atoms with E-state index in [2.05, 4.69) is 41.6 Å². The molecule has 2 rings (SSSR count). The average molecular weight is 435 g/mol. The van der Waals surface area contributed by atoms with Crippen LogP contribution in [0.4, 0.5) is 11.5 Å². The molecule has 0 aliphatic heterocycles. The summed E-state index contributed by atoms with van der Waals surface area (Å²) in [5.74, 6) is 0.227. The molecule has 8 heteroatoms. The van der Waals surface area contributed by atoms with Crippen molar-refractivity contribution in [3.63, 3.8) is 0 Å². The van der Waals surface area contributed by atoms with Crippen LogP contribution in [0.1, 0.15) is 11.1 Å². The highest BCUT2D eigenvalue weighted by Crippen LogP contribution is 2.30. The third-order valence-corrected chi connectivity index (χ3v) is 6.06. The Morgan fingerprint density at radius 3 is 2.38 bits per heavy atom. The minimum atomic E-state index is -3.74. The van der Waals surface area contributed by atoms with E-state index in [-0.39, 0.29) is 10.7 Å². The second-order valence-corrected chi connectivity index (χ2v) is 7.92. The lowest BCUT2D eigenvalue weighted by atomic mass is 10.2. The molecule has 1 heterocycles. The summed E-state index contributed by atoms with van der Waals surface area (Å²) in [6.07, 6.45) is 1.42. The summed E-state index contributed by atoms with van der Waals surface area (Å²) in [6.45, 7) is 3.66. The van der Waals surface area contributed by atoms with Gasteiger partial charge in [-0.05, 0) is 59.1 Å². The van der Waals surface area contributed by atoms with Gasteiger partial charge in [-0.3, -0.25) is 4.72 Å². The highest BCUT2D eigenvalue weighted by atomic mass is 79.9. The lowest BCUT2D eigenvalue weighted by Gasteiger charge is -2.11. The first kappa shape index (κ1) is 16.3. The Kier molecular flexibility index (Phi) is 4.60. The first-order chi connectivity index (χ1) is 9.70. The summed E-state index contributed by atoms with van der Waals surface area (Å²) in [5.41, 5.74) is 7.87. The fourth-order valence-corrected chi connectivity index (χ4v) is 4.33. The summed E-state index contributed by atoms with van der Waals surface area (Å²) in [6, 6.07) is 4.87. The SMILES string of the molecule is Cc1cc(NS(=O)(=O)c2cc(Br)c(C)cc2Br)ncc1N. The van der Waals surface area contributed by atoms with Crippen LogP contribution in [-0.2, 0) is 10.0 Å². The third-order valence-electron chi connectivity index (χ3n) is 2.89. The van der Waals surface area contributed by atoms with Crippen LogP contribution in [0.25, 0.3) is 0 Å². The molecule has 1 aromatic heterocycles. The molecule has 0 atom stereocenters. The molecule has 1 aromatic carbocycles. The van der Waals surface area contributed by atoms with E-state index in [1.807, 2.05) is 6.92 Å². The van der Waals surface area contributed by atoms with Gasteiger partial charge in [0.15, 0.2) is 0 Å². The van der Waals surface area contributed by atoms with Gasteiger partial charge in [0.2, 0.25) is 0 Å². The molecule has 0 aliphatic carbocycles. The van der Waals surface area contributed by atoms with Crippen molar-refractivity contribution < 1.29 is 8.42 Å². The van der Waals surface area contributed by atoms with Gasteiger partial charge in [0.05, 0.1) is 11.9 Å². The number of nitrogens with one attached hydrogen (secondary N) is 1. The van der Waals surface area contributed by atoms with Crippen molar-refractivity contribution in [1.29, 1.82) is 0 Å². The van der Waals surface area contributed by atoms with E-state index in [0.29, 0.717) is 14.6 Å². The van der Waals surface area contributed by atoms with Crippen LogP contribution in [0, 0.1) is 13.8 Å². The summed E-state index contributed by atoms with van der Waals surface area (Å²) in [4.78, 5) is 4.11. The normalized spacial score (nSPS) is 11.4. The number of nitrogen functional groups attached to an aromatic ring is 1. The molecule has 0 fully saturated rings. The highest BCUT2D eigenvalue weighted by Gasteiger charge is 2.20. The van der Waals surface area contributed by atoms with E-state index < -0.39 is 10.0 Å². The Balaban J connectivity index is 2.43. The number of anilines is 2. The lowest BCUT2D eigenvalue weighted by Crippen LogP contribution is -2.15. The Morgan fingerprint density at radius 2 is 1.76 bits per heavy atom. The van der Waals surface area contributed by atoms with Crippen molar-refractivity contribution in [2.45, 2.75) is 18.7 Å². The lowest BCUT2D eigenvalue weighted by molar-refractivity contribution is 0.600. The van der Waals surface area contributed by atoms with Crippen molar-refractivity contribution in [1.82, 2.24) is 4.98 Å². The largest absolute Gasteiger partial charge is 0.397 e. The Hall–Kier alpha value is -1.12. The van der Waals surface area contributed by atoms with Crippen LogP contribution < -0.4 is 10.5 Å². The van der Waals surface area contributed by atoms with Gasteiger partial charge in [-0.2, -0.15) is 0 Å². The fraction of sp³-hybridized carbons (Fsp3) is 0.154. The van der Waals surface area contributed by atoms with E-state index in [4.69, 9.17) is 5.73 Å². The molecule has 21 heavy (non-hydrogen) atoms. The standard InChI is InChI=1S/C13H13Br2N3O2S/c1-7-3-10(15)12(5-9(7)14)21(19,20)18-13-4-8(2)11(16)6-17-13/h3-6H,16H2,1-2H3,(H,17,18). The van der Waals surface area contributed by atoms with E-state index in [1.165, 1.54) is 6.20 Å². The monoisotopic (exact) mass is 433 g/mol. The topological polar surface area (TPSA) is 85.1 Å². The number of pyridine rings is 1. The van der Waals surface area contributed by atoms with E-state index in [1.54, 1.807) is 25.1 Å². The van der Waals surface area contributed by atoms with Crippen LogP contribution in [0.3, 0.4) is 0 Å². The first-order valence-electron chi connectivity index (χ1n) is 5.91. The number of sulfonamides is 1. The number of aromatic nitrogens is 1. The highest BCUT2D eigenvalue weighted by molar-refractivity contribution is 9.11. The number of nitrogens with zero attached hydrogens (tertiary/aromatic N) is 1. The quantitative estimate of drug-likeness (QED) is 0.772. The molecule has 0 saturated heterocycles. The Morgan fingerprint density at radius 1 is 1.10 bits per heavy atom. The molecule has 0 radical (unpaired) electrons. The minimum Gasteiger partial charge on any atom is -0.397 e. The van der Waals surface area contributed by atoms with Gasteiger partial charge in [0, 0.05) is 8.95 Å².